The highest BCUT2D eigenvalue weighted by Crippen LogP contribution is 2.33. The zero-order valence-electron chi connectivity index (χ0n) is 20.4. The normalized spacial score (nSPS) is 14.6. The SMILES string of the molecule is CCCCCCCCCCCCCCCCSC1=C(C)C(=O)C(OC)=C(OCC)C1=O. The minimum absolute atomic E-state index is 0.0326. The summed E-state index contributed by atoms with van der Waals surface area (Å²) in [6.45, 7) is 6.10. The first kappa shape index (κ1) is 27.8. The van der Waals surface area contributed by atoms with Crippen molar-refractivity contribution in [1.82, 2.24) is 0 Å². The molecular weight excluding hydrogens is 408 g/mol. The van der Waals surface area contributed by atoms with Gasteiger partial charge in [0.1, 0.15) is 0 Å². The second-order valence-corrected chi connectivity index (χ2v) is 9.46. The number of carbonyl (C=O) groups excluding carboxylic acids is 2. The standard InChI is InChI=1S/C26H44O4S/c1-5-7-8-9-10-11-12-13-14-15-16-17-18-19-20-31-26-21(3)22(27)24(29-4)25(23(26)28)30-6-2/h5-20H2,1-4H3. The Morgan fingerprint density at radius 2 is 1.16 bits per heavy atom. The molecule has 0 aromatic heterocycles. The number of rotatable bonds is 19. The third-order valence-corrected chi connectivity index (χ3v) is 7.02. The van der Waals surface area contributed by atoms with E-state index >= 15 is 0 Å². The first-order valence-electron chi connectivity index (χ1n) is 12.4. The molecule has 0 aliphatic heterocycles. The largest absolute Gasteiger partial charge is 0.489 e. The second kappa shape index (κ2) is 17.3. The van der Waals surface area contributed by atoms with Crippen LogP contribution in [0.5, 0.6) is 0 Å². The molecule has 178 valence electrons. The second-order valence-electron chi connectivity index (χ2n) is 8.35. The van der Waals surface area contributed by atoms with Crippen molar-refractivity contribution in [2.24, 2.45) is 0 Å². The molecule has 0 spiro atoms. The molecule has 0 aromatic carbocycles. The number of unbranched alkanes of at least 4 members (excludes halogenated alkanes) is 13. The Morgan fingerprint density at radius 3 is 1.61 bits per heavy atom. The van der Waals surface area contributed by atoms with Gasteiger partial charge in [-0.15, -0.1) is 11.8 Å². The van der Waals surface area contributed by atoms with Crippen molar-refractivity contribution in [2.45, 2.75) is 111 Å². The van der Waals surface area contributed by atoms with Gasteiger partial charge in [-0.1, -0.05) is 90.4 Å². The Labute approximate surface area is 194 Å². The van der Waals surface area contributed by atoms with E-state index < -0.39 is 0 Å². The highest BCUT2D eigenvalue weighted by molar-refractivity contribution is 8.04. The highest BCUT2D eigenvalue weighted by atomic mass is 32.2. The van der Waals surface area contributed by atoms with Gasteiger partial charge in [0.25, 0.3) is 0 Å². The molecule has 4 nitrogen and oxygen atoms in total. The third kappa shape index (κ3) is 10.3. The average Bonchev–Trinajstić information content (AvgIpc) is 2.77. The summed E-state index contributed by atoms with van der Waals surface area (Å²) in [4.78, 5) is 25.7. The van der Waals surface area contributed by atoms with E-state index in [1.54, 1.807) is 13.8 Å². The summed E-state index contributed by atoms with van der Waals surface area (Å²) in [7, 11) is 1.40. The van der Waals surface area contributed by atoms with E-state index in [0.717, 1.165) is 12.2 Å². The summed E-state index contributed by atoms with van der Waals surface area (Å²) < 4.78 is 10.5. The molecular formula is C26H44O4S. The van der Waals surface area contributed by atoms with Crippen LogP contribution in [-0.2, 0) is 19.1 Å². The maximum atomic E-state index is 12.7. The van der Waals surface area contributed by atoms with Crippen LogP contribution in [0.2, 0.25) is 0 Å². The molecule has 0 saturated heterocycles. The molecule has 0 atom stereocenters. The van der Waals surface area contributed by atoms with Crippen molar-refractivity contribution in [3.05, 3.63) is 22.0 Å². The fourth-order valence-electron chi connectivity index (χ4n) is 3.86. The van der Waals surface area contributed by atoms with Crippen LogP contribution in [-0.4, -0.2) is 31.0 Å². The fraction of sp³-hybridized carbons (Fsp3) is 0.769. The Morgan fingerprint density at radius 1 is 0.677 bits per heavy atom. The predicted molar refractivity (Wildman–Crippen MR) is 131 cm³/mol. The molecule has 0 aromatic rings. The zero-order chi connectivity index (χ0) is 22.9. The van der Waals surface area contributed by atoms with Crippen molar-refractivity contribution >= 4 is 23.3 Å². The van der Waals surface area contributed by atoms with E-state index in [4.69, 9.17) is 9.47 Å². The summed E-state index contributed by atoms with van der Waals surface area (Å²) in [6.07, 6.45) is 18.6. The van der Waals surface area contributed by atoms with Crippen molar-refractivity contribution in [3.63, 3.8) is 0 Å². The van der Waals surface area contributed by atoms with E-state index in [9.17, 15) is 9.59 Å². The average molecular weight is 453 g/mol. The first-order valence-corrected chi connectivity index (χ1v) is 13.4. The van der Waals surface area contributed by atoms with Crippen LogP contribution in [0.3, 0.4) is 0 Å². The summed E-state index contributed by atoms with van der Waals surface area (Å²) in [5.74, 6) is 0.486. The van der Waals surface area contributed by atoms with E-state index in [1.165, 1.54) is 102 Å². The van der Waals surface area contributed by atoms with Crippen LogP contribution in [0.1, 0.15) is 111 Å². The van der Waals surface area contributed by atoms with Crippen LogP contribution in [0.25, 0.3) is 0 Å². The summed E-state index contributed by atoms with van der Waals surface area (Å²) in [5.41, 5.74) is 0.473. The van der Waals surface area contributed by atoms with Gasteiger partial charge in [-0.05, 0) is 26.0 Å². The van der Waals surface area contributed by atoms with Gasteiger partial charge in [0, 0.05) is 5.57 Å². The number of hydrogen-bond acceptors (Lipinski definition) is 5. The Balaban J connectivity index is 2.13. The molecule has 0 saturated carbocycles. The minimum atomic E-state index is -0.242. The Hall–Kier alpha value is -1.23. The number of ether oxygens (including phenoxy) is 2. The topological polar surface area (TPSA) is 52.6 Å². The maximum absolute atomic E-state index is 12.7. The molecule has 1 rings (SSSR count). The van der Waals surface area contributed by atoms with Crippen LogP contribution < -0.4 is 0 Å². The molecule has 1 aliphatic carbocycles. The minimum Gasteiger partial charge on any atom is -0.489 e. The van der Waals surface area contributed by atoms with E-state index in [-0.39, 0.29) is 23.1 Å². The van der Waals surface area contributed by atoms with Gasteiger partial charge in [0.15, 0.2) is 0 Å². The van der Waals surface area contributed by atoms with Gasteiger partial charge in [0.05, 0.1) is 18.6 Å². The number of allylic oxidation sites excluding steroid dienone is 2. The summed E-state index contributed by atoms with van der Waals surface area (Å²) in [6, 6.07) is 0. The molecule has 0 heterocycles. The van der Waals surface area contributed by atoms with Crippen LogP contribution in [0, 0.1) is 0 Å². The molecule has 0 unspecified atom stereocenters. The molecule has 0 fully saturated rings. The number of thioether (sulfide) groups is 1. The van der Waals surface area contributed by atoms with Gasteiger partial charge in [-0.3, -0.25) is 9.59 Å². The van der Waals surface area contributed by atoms with Crippen molar-refractivity contribution in [2.75, 3.05) is 19.5 Å². The molecule has 0 radical (unpaired) electrons. The van der Waals surface area contributed by atoms with Crippen molar-refractivity contribution < 1.29 is 19.1 Å². The van der Waals surface area contributed by atoms with Gasteiger partial charge in [0.2, 0.25) is 23.1 Å². The molecule has 0 bridgehead atoms. The van der Waals surface area contributed by atoms with E-state index in [1.807, 2.05) is 0 Å². The first-order chi connectivity index (χ1) is 15.1. The van der Waals surface area contributed by atoms with Gasteiger partial charge < -0.3 is 9.47 Å². The quantitative estimate of drug-likeness (QED) is 0.150. The number of methoxy groups -OCH3 is 1. The monoisotopic (exact) mass is 452 g/mol. The molecule has 31 heavy (non-hydrogen) atoms. The molecule has 1 aliphatic rings. The lowest BCUT2D eigenvalue weighted by atomic mass is 10.0. The van der Waals surface area contributed by atoms with Gasteiger partial charge in [-0.2, -0.15) is 0 Å². The van der Waals surface area contributed by atoms with E-state index in [0.29, 0.717) is 17.1 Å². The Bertz CT molecular complexity index is 607. The van der Waals surface area contributed by atoms with Crippen molar-refractivity contribution in [3.8, 4) is 0 Å². The lowest BCUT2D eigenvalue weighted by molar-refractivity contribution is -0.120. The summed E-state index contributed by atoms with van der Waals surface area (Å²) >= 11 is 1.48. The number of carbonyl (C=O) groups is 2. The van der Waals surface area contributed by atoms with E-state index in [2.05, 4.69) is 6.92 Å². The van der Waals surface area contributed by atoms with Crippen LogP contribution in [0.15, 0.2) is 22.0 Å². The lowest BCUT2D eigenvalue weighted by Crippen LogP contribution is -2.24. The number of ketones is 2. The van der Waals surface area contributed by atoms with Crippen molar-refractivity contribution in [1.29, 1.82) is 0 Å². The lowest BCUT2D eigenvalue weighted by Gasteiger charge is -2.20. The third-order valence-electron chi connectivity index (χ3n) is 5.74. The predicted octanol–water partition coefficient (Wildman–Crippen LogP) is 7.52. The van der Waals surface area contributed by atoms with Gasteiger partial charge in [-0.25, -0.2) is 0 Å². The number of hydrogen-bond donors (Lipinski definition) is 0. The molecule has 0 N–H and O–H groups in total. The molecule has 0 amide bonds. The summed E-state index contributed by atoms with van der Waals surface area (Å²) in [5, 5.41) is 0. The Kier molecular flexibility index (Phi) is 15.6. The van der Waals surface area contributed by atoms with Crippen LogP contribution in [0.4, 0.5) is 0 Å². The maximum Gasteiger partial charge on any atom is 0.238 e. The highest BCUT2D eigenvalue weighted by Gasteiger charge is 2.35. The van der Waals surface area contributed by atoms with Crippen LogP contribution >= 0.6 is 11.8 Å². The fourth-order valence-corrected chi connectivity index (χ4v) is 4.94. The smallest absolute Gasteiger partial charge is 0.238 e. The van der Waals surface area contributed by atoms with Gasteiger partial charge >= 0.3 is 0 Å². The zero-order valence-corrected chi connectivity index (χ0v) is 21.2. The number of Topliss-reactive ketones (excluding diaryl/α,β-unsaturated/α-hetero) is 2. The molecule has 5 heteroatoms.